The number of carbonyl (C=O) groups is 1. The van der Waals surface area contributed by atoms with Gasteiger partial charge in [-0.05, 0) is 38.6 Å². The second-order valence-corrected chi connectivity index (χ2v) is 6.02. The zero-order chi connectivity index (χ0) is 16.8. The molecule has 1 fully saturated rings. The van der Waals surface area contributed by atoms with Gasteiger partial charge in [-0.25, -0.2) is 13.6 Å². The number of benzene rings is 1. The van der Waals surface area contributed by atoms with Gasteiger partial charge in [0.1, 0.15) is 12.4 Å². The summed E-state index contributed by atoms with van der Waals surface area (Å²) in [4.78, 5) is 15.9. The fourth-order valence-corrected chi connectivity index (χ4v) is 2.71. The smallest absolute Gasteiger partial charge is 0.317 e. The number of nitrogens with zero attached hydrogens (tertiary/aromatic N) is 2. The maximum absolute atomic E-state index is 13.4. The molecule has 0 saturated carbocycles. The summed E-state index contributed by atoms with van der Waals surface area (Å²) in [6.45, 7) is 2.86. The average molecular weight is 327 g/mol. The maximum Gasteiger partial charge on any atom is 0.317 e. The molecule has 1 aromatic rings. The zero-order valence-corrected chi connectivity index (χ0v) is 13.5. The number of rotatable bonds is 6. The summed E-state index contributed by atoms with van der Waals surface area (Å²) in [5.74, 6) is -0.917. The van der Waals surface area contributed by atoms with Crippen molar-refractivity contribution >= 4 is 6.03 Å². The molecule has 0 aromatic heterocycles. The Kier molecular flexibility index (Phi) is 6.15. The van der Waals surface area contributed by atoms with Crippen molar-refractivity contribution in [3.8, 4) is 5.75 Å². The van der Waals surface area contributed by atoms with E-state index in [2.05, 4.69) is 10.2 Å². The van der Waals surface area contributed by atoms with E-state index in [9.17, 15) is 13.6 Å². The number of hydrogen-bond acceptors (Lipinski definition) is 3. The molecule has 0 bridgehead atoms. The second-order valence-electron chi connectivity index (χ2n) is 6.02. The summed E-state index contributed by atoms with van der Waals surface area (Å²) in [5, 5.41) is 2.75. The summed E-state index contributed by atoms with van der Waals surface area (Å²) in [6.07, 6.45) is 1.00. The monoisotopic (exact) mass is 327 g/mol. The number of ether oxygens (including phenoxy) is 1. The molecular formula is C16H23F2N3O2. The van der Waals surface area contributed by atoms with Crippen molar-refractivity contribution in [1.29, 1.82) is 0 Å². The highest BCUT2D eigenvalue weighted by Crippen LogP contribution is 2.18. The van der Waals surface area contributed by atoms with Crippen molar-refractivity contribution in [3.63, 3.8) is 0 Å². The Hall–Kier alpha value is -1.89. The van der Waals surface area contributed by atoms with Gasteiger partial charge >= 0.3 is 6.03 Å². The maximum atomic E-state index is 13.4. The van der Waals surface area contributed by atoms with Gasteiger partial charge in [-0.3, -0.25) is 0 Å². The van der Waals surface area contributed by atoms with Crippen LogP contribution in [0.4, 0.5) is 13.6 Å². The molecule has 7 heteroatoms. The third-order valence-electron chi connectivity index (χ3n) is 3.73. The minimum atomic E-state index is -0.748. The molecule has 0 spiro atoms. The van der Waals surface area contributed by atoms with Crippen LogP contribution in [0.2, 0.25) is 0 Å². The van der Waals surface area contributed by atoms with E-state index in [-0.39, 0.29) is 24.9 Å². The number of nitrogens with one attached hydrogen (secondary N) is 1. The molecular weight excluding hydrogens is 304 g/mol. The molecule has 1 heterocycles. The number of amides is 2. The van der Waals surface area contributed by atoms with E-state index < -0.39 is 11.6 Å². The molecule has 1 aliphatic rings. The predicted octanol–water partition coefficient (Wildman–Crippen LogP) is 1.94. The molecule has 1 atom stereocenters. The number of likely N-dealkylation sites (tertiary alicyclic amines) is 1. The first-order valence-corrected chi connectivity index (χ1v) is 7.71. The van der Waals surface area contributed by atoms with Gasteiger partial charge < -0.3 is 19.9 Å². The number of halogens is 2. The molecule has 5 nitrogen and oxygen atoms in total. The highest BCUT2D eigenvalue weighted by Gasteiger charge is 2.26. The minimum absolute atomic E-state index is 0.0205. The number of hydrogen-bond donors (Lipinski definition) is 1. The van der Waals surface area contributed by atoms with Crippen LogP contribution in [0.25, 0.3) is 0 Å². The lowest BCUT2D eigenvalue weighted by atomic mass is 10.1. The molecule has 1 saturated heterocycles. The van der Waals surface area contributed by atoms with Gasteiger partial charge in [0, 0.05) is 25.7 Å². The van der Waals surface area contributed by atoms with Crippen LogP contribution in [0.3, 0.4) is 0 Å². The van der Waals surface area contributed by atoms with Gasteiger partial charge in [0.2, 0.25) is 0 Å². The molecule has 1 N–H and O–H groups in total. The molecule has 23 heavy (non-hydrogen) atoms. The van der Waals surface area contributed by atoms with Gasteiger partial charge in [0.15, 0.2) is 11.6 Å². The quantitative estimate of drug-likeness (QED) is 0.812. The van der Waals surface area contributed by atoms with E-state index in [0.717, 1.165) is 38.2 Å². The van der Waals surface area contributed by atoms with E-state index in [1.807, 2.05) is 14.1 Å². The Balaban J connectivity index is 1.67. The largest absolute Gasteiger partial charge is 0.489 e. The molecule has 128 valence electrons. The van der Waals surface area contributed by atoms with E-state index in [4.69, 9.17) is 4.74 Å². The van der Waals surface area contributed by atoms with Crippen molar-refractivity contribution in [1.82, 2.24) is 15.1 Å². The lowest BCUT2D eigenvalue weighted by Crippen LogP contribution is -2.40. The first-order valence-electron chi connectivity index (χ1n) is 7.71. The van der Waals surface area contributed by atoms with Crippen molar-refractivity contribution < 1.29 is 18.3 Å². The highest BCUT2D eigenvalue weighted by atomic mass is 19.1. The molecule has 1 aromatic carbocycles. The van der Waals surface area contributed by atoms with E-state index in [1.54, 1.807) is 4.90 Å². The van der Waals surface area contributed by atoms with Gasteiger partial charge in [-0.2, -0.15) is 0 Å². The normalized spacial score (nSPS) is 17.6. The Morgan fingerprint density at radius 3 is 2.91 bits per heavy atom. The van der Waals surface area contributed by atoms with Crippen LogP contribution in [0.5, 0.6) is 5.75 Å². The SMILES string of the molecule is CN(C)CC1CCN(C(=O)NCCOc2ccc(F)cc2F)C1. The average Bonchev–Trinajstić information content (AvgIpc) is 2.93. The van der Waals surface area contributed by atoms with Gasteiger partial charge in [0.25, 0.3) is 0 Å². The van der Waals surface area contributed by atoms with Crippen LogP contribution in [-0.4, -0.2) is 62.7 Å². The lowest BCUT2D eigenvalue weighted by molar-refractivity contribution is 0.201. The zero-order valence-electron chi connectivity index (χ0n) is 13.5. The van der Waals surface area contributed by atoms with Crippen LogP contribution in [-0.2, 0) is 0 Å². The topological polar surface area (TPSA) is 44.8 Å². The highest BCUT2D eigenvalue weighted by molar-refractivity contribution is 5.74. The van der Waals surface area contributed by atoms with Crippen molar-refractivity contribution in [2.75, 3.05) is 46.9 Å². The Morgan fingerprint density at radius 1 is 1.43 bits per heavy atom. The molecule has 2 rings (SSSR count). The van der Waals surface area contributed by atoms with Crippen LogP contribution in [0, 0.1) is 17.6 Å². The Morgan fingerprint density at radius 2 is 2.22 bits per heavy atom. The molecule has 1 unspecified atom stereocenters. The lowest BCUT2D eigenvalue weighted by Gasteiger charge is -2.19. The van der Waals surface area contributed by atoms with Crippen LogP contribution in [0.1, 0.15) is 6.42 Å². The fraction of sp³-hybridized carbons (Fsp3) is 0.562. The summed E-state index contributed by atoms with van der Waals surface area (Å²) in [6, 6.07) is 3.00. The van der Waals surface area contributed by atoms with Gasteiger partial charge in [-0.15, -0.1) is 0 Å². The van der Waals surface area contributed by atoms with Crippen LogP contribution >= 0.6 is 0 Å². The van der Waals surface area contributed by atoms with Crippen LogP contribution in [0.15, 0.2) is 18.2 Å². The van der Waals surface area contributed by atoms with E-state index in [0.29, 0.717) is 5.92 Å². The minimum Gasteiger partial charge on any atom is -0.489 e. The Bertz CT molecular complexity index is 540. The van der Waals surface area contributed by atoms with Crippen molar-refractivity contribution in [2.24, 2.45) is 5.92 Å². The number of urea groups is 1. The first-order chi connectivity index (χ1) is 11.0. The predicted molar refractivity (Wildman–Crippen MR) is 83.5 cm³/mol. The van der Waals surface area contributed by atoms with Crippen molar-refractivity contribution in [2.45, 2.75) is 6.42 Å². The first kappa shape index (κ1) is 17.5. The Labute approximate surface area is 135 Å². The summed E-state index contributed by atoms with van der Waals surface area (Å²) in [7, 11) is 4.04. The second kappa shape index (κ2) is 8.10. The summed E-state index contributed by atoms with van der Waals surface area (Å²) in [5.41, 5.74) is 0. The fourth-order valence-electron chi connectivity index (χ4n) is 2.71. The molecule has 1 aliphatic heterocycles. The van der Waals surface area contributed by atoms with Gasteiger partial charge in [-0.1, -0.05) is 0 Å². The van der Waals surface area contributed by atoms with Gasteiger partial charge in [0.05, 0.1) is 6.54 Å². The van der Waals surface area contributed by atoms with Crippen LogP contribution < -0.4 is 10.1 Å². The summed E-state index contributed by atoms with van der Waals surface area (Å²) >= 11 is 0. The standard InChI is InChI=1S/C16H23F2N3O2/c1-20(2)10-12-5-7-21(11-12)16(22)19-6-8-23-15-4-3-13(17)9-14(15)18/h3-4,9,12H,5-8,10-11H2,1-2H3,(H,19,22). The third-order valence-corrected chi connectivity index (χ3v) is 3.73. The van der Waals surface area contributed by atoms with Crippen molar-refractivity contribution in [3.05, 3.63) is 29.8 Å². The summed E-state index contributed by atoms with van der Waals surface area (Å²) < 4.78 is 31.3. The van der Waals surface area contributed by atoms with E-state index in [1.165, 1.54) is 6.07 Å². The third kappa shape index (κ3) is 5.35. The van der Waals surface area contributed by atoms with E-state index >= 15 is 0 Å². The number of carbonyl (C=O) groups excluding carboxylic acids is 1. The molecule has 0 aliphatic carbocycles. The molecule has 0 radical (unpaired) electrons. The molecule has 2 amide bonds.